The van der Waals surface area contributed by atoms with Crippen molar-refractivity contribution in [1.29, 1.82) is 0 Å². The molecule has 0 heterocycles. The maximum Gasteiger partial charge on any atom is 0.168 e. The number of nitrogens with two attached hydrogens (primary N) is 2. The molecule has 6 nitrogen and oxygen atoms in total. The lowest BCUT2D eigenvalue weighted by Crippen LogP contribution is -2.40. The number of aryl methyl sites for hydroxylation is 1. The lowest BCUT2D eigenvalue weighted by molar-refractivity contribution is -0.118. The van der Waals surface area contributed by atoms with Gasteiger partial charge in [0.25, 0.3) is 0 Å². The van der Waals surface area contributed by atoms with Crippen LogP contribution < -0.4 is 11.6 Å². The van der Waals surface area contributed by atoms with Gasteiger partial charge >= 0.3 is 0 Å². The summed E-state index contributed by atoms with van der Waals surface area (Å²) in [6.07, 6.45) is 7.02. The van der Waals surface area contributed by atoms with Gasteiger partial charge < -0.3 is 10.8 Å². The number of hydrogen-bond donors (Lipinski definition) is 3. The van der Waals surface area contributed by atoms with Crippen LogP contribution in [0.15, 0.2) is 33.4 Å². The van der Waals surface area contributed by atoms with Gasteiger partial charge in [-0.1, -0.05) is 19.3 Å². The first kappa shape index (κ1) is 20.5. The highest BCUT2D eigenvalue weighted by molar-refractivity contribution is 9.10. The van der Waals surface area contributed by atoms with E-state index in [2.05, 4.69) is 15.9 Å². The molecule has 5 N–H and O–H groups in total. The van der Waals surface area contributed by atoms with Crippen LogP contribution in [0, 0.1) is 0 Å². The number of carbonyl (C=O) groups excluding carboxylic acids is 1. The van der Waals surface area contributed by atoms with E-state index in [4.69, 9.17) is 11.6 Å². The molecular weight excluding hydrogens is 430 g/mol. The van der Waals surface area contributed by atoms with Crippen molar-refractivity contribution in [3.8, 4) is 0 Å². The second kappa shape index (κ2) is 8.03. The SMILES string of the molecule is CC(=O)C1CCc2cc(Br)c(S(=O)N(N)/C=C(\N)C3(O)CCCCC3)cc21. The van der Waals surface area contributed by atoms with E-state index in [-0.39, 0.29) is 17.4 Å². The van der Waals surface area contributed by atoms with Gasteiger partial charge in [0.2, 0.25) is 0 Å². The number of benzene rings is 1. The Kier molecular flexibility index (Phi) is 6.10. The molecule has 3 rings (SSSR count). The molecule has 1 saturated carbocycles. The Bertz CT molecular complexity index is 806. The van der Waals surface area contributed by atoms with Gasteiger partial charge in [-0.2, -0.15) is 0 Å². The summed E-state index contributed by atoms with van der Waals surface area (Å²) in [5, 5.41) is 10.7. The van der Waals surface area contributed by atoms with Crippen molar-refractivity contribution in [2.45, 2.75) is 68.3 Å². The van der Waals surface area contributed by atoms with Gasteiger partial charge in [0.1, 0.15) is 11.4 Å². The summed E-state index contributed by atoms with van der Waals surface area (Å²) < 4.78 is 14.7. The number of rotatable bonds is 5. The smallest absolute Gasteiger partial charge is 0.168 e. The highest BCUT2D eigenvalue weighted by atomic mass is 79.9. The predicted octanol–water partition coefficient (Wildman–Crippen LogP) is 2.76. The van der Waals surface area contributed by atoms with Crippen molar-refractivity contribution in [3.05, 3.63) is 39.6 Å². The lowest BCUT2D eigenvalue weighted by Gasteiger charge is -2.33. The van der Waals surface area contributed by atoms with Gasteiger partial charge in [-0.05, 0) is 71.8 Å². The summed E-state index contributed by atoms with van der Waals surface area (Å²) in [6, 6.07) is 3.72. The van der Waals surface area contributed by atoms with E-state index >= 15 is 0 Å². The number of hydrogen-bond acceptors (Lipinski definition) is 5. The second-order valence-corrected chi connectivity index (χ2v) is 9.68. The number of Topliss-reactive ketones (excluding diaryl/α,β-unsaturated/α-hetero) is 1. The van der Waals surface area contributed by atoms with E-state index < -0.39 is 16.6 Å². The van der Waals surface area contributed by atoms with Crippen LogP contribution in [0.3, 0.4) is 0 Å². The molecule has 2 aliphatic rings. The zero-order valence-electron chi connectivity index (χ0n) is 15.4. The molecule has 0 radical (unpaired) electrons. The van der Waals surface area contributed by atoms with Crippen LogP contribution in [-0.4, -0.2) is 25.1 Å². The van der Waals surface area contributed by atoms with Gasteiger partial charge in [-0.3, -0.25) is 4.79 Å². The molecule has 8 heteroatoms. The summed E-state index contributed by atoms with van der Waals surface area (Å²) in [7, 11) is -1.72. The fourth-order valence-electron chi connectivity index (χ4n) is 4.01. The molecule has 2 atom stereocenters. The summed E-state index contributed by atoms with van der Waals surface area (Å²) in [6.45, 7) is 1.59. The van der Waals surface area contributed by atoms with Crippen LogP contribution in [0.4, 0.5) is 0 Å². The molecule has 2 aliphatic carbocycles. The summed E-state index contributed by atoms with van der Waals surface area (Å²) >= 11 is 3.47. The van der Waals surface area contributed by atoms with Crippen LogP contribution in [0.5, 0.6) is 0 Å². The van der Waals surface area contributed by atoms with Gasteiger partial charge in [0.05, 0.1) is 16.8 Å². The number of halogens is 1. The molecule has 1 aromatic carbocycles. The molecule has 27 heavy (non-hydrogen) atoms. The molecule has 0 amide bonds. The van der Waals surface area contributed by atoms with E-state index in [0.717, 1.165) is 47.6 Å². The van der Waals surface area contributed by atoms with Crippen LogP contribution in [0.1, 0.15) is 62.5 Å². The van der Waals surface area contributed by atoms with Crippen LogP contribution in [0.2, 0.25) is 0 Å². The molecule has 0 aliphatic heterocycles. The predicted molar refractivity (Wildman–Crippen MR) is 109 cm³/mol. The Morgan fingerprint density at radius 2 is 2.04 bits per heavy atom. The maximum absolute atomic E-state index is 13.0. The third-order valence-electron chi connectivity index (χ3n) is 5.63. The first-order valence-electron chi connectivity index (χ1n) is 9.21. The van der Waals surface area contributed by atoms with Crippen molar-refractivity contribution in [2.75, 3.05) is 0 Å². The molecule has 148 valence electrons. The molecule has 0 bridgehead atoms. The van der Waals surface area contributed by atoms with E-state index in [1.165, 1.54) is 6.20 Å². The van der Waals surface area contributed by atoms with Crippen molar-refractivity contribution in [2.24, 2.45) is 11.6 Å². The van der Waals surface area contributed by atoms with Crippen molar-refractivity contribution < 1.29 is 14.1 Å². The first-order valence-corrected chi connectivity index (χ1v) is 11.1. The second-order valence-electron chi connectivity index (χ2n) is 7.47. The fraction of sp³-hybridized carbons (Fsp3) is 0.526. The third-order valence-corrected chi connectivity index (χ3v) is 7.75. The quantitative estimate of drug-likeness (QED) is 0.466. The molecule has 1 fully saturated rings. The van der Waals surface area contributed by atoms with Crippen molar-refractivity contribution >= 4 is 32.7 Å². The Hall–Kier alpha value is -1.22. The van der Waals surface area contributed by atoms with Crippen molar-refractivity contribution in [1.82, 2.24) is 4.41 Å². The Labute approximate surface area is 170 Å². The monoisotopic (exact) mass is 455 g/mol. The first-order chi connectivity index (χ1) is 12.7. The Morgan fingerprint density at radius 1 is 1.37 bits per heavy atom. The van der Waals surface area contributed by atoms with Crippen LogP contribution in [0.25, 0.3) is 0 Å². The normalized spacial score (nSPS) is 23.0. The highest BCUT2D eigenvalue weighted by Gasteiger charge is 2.33. The number of aliphatic hydroxyl groups is 1. The summed E-state index contributed by atoms with van der Waals surface area (Å²) in [5.74, 6) is 5.96. The van der Waals surface area contributed by atoms with E-state index in [1.54, 1.807) is 13.0 Å². The summed E-state index contributed by atoms with van der Waals surface area (Å²) in [4.78, 5) is 12.4. The molecule has 0 aromatic heterocycles. The van der Waals surface area contributed by atoms with E-state index in [9.17, 15) is 14.1 Å². The van der Waals surface area contributed by atoms with E-state index in [0.29, 0.717) is 22.2 Å². The minimum Gasteiger partial charge on any atom is -0.398 e. The van der Waals surface area contributed by atoms with Gasteiger partial charge in [0, 0.05) is 10.4 Å². The minimum absolute atomic E-state index is 0.112. The van der Waals surface area contributed by atoms with Crippen LogP contribution in [-0.2, 0) is 22.2 Å². The largest absolute Gasteiger partial charge is 0.398 e. The summed E-state index contributed by atoms with van der Waals surface area (Å²) in [5.41, 5.74) is 7.25. The third kappa shape index (κ3) is 4.13. The zero-order chi connectivity index (χ0) is 19.8. The number of carbonyl (C=O) groups is 1. The minimum atomic E-state index is -1.72. The Balaban J connectivity index is 1.86. The average Bonchev–Trinajstić information content (AvgIpc) is 3.03. The van der Waals surface area contributed by atoms with Crippen molar-refractivity contribution in [3.63, 3.8) is 0 Å². The van der Waals surface area contributed by atoms with Gasteiger partial charge in [-0.15, -0.1) is 0 Å². The molecule has 2 unspecified atom stereocenters. The molecular formula is C19H26BrN3O3S. The molecule has 0 saturated heterocycles. The lowest BCUT2D eigenvalue weighted by atomic mass is 9.83. The average molecular weight is 456 g/mol. The number of nitrogens with zero attached hydrogens (tertiary/aromatic N) is 1. The number of ketones is 1. The topological polar surface area (TPSA) is 110 Å². The zero-order valence-corrected chi connectivity index (χ0v) is 17.8. The standard InChI is InChI=1S/C19H26BrN3O3S/c1-12(24)14-6-5-13-9-16(20)17(10-15(13)14)27(26)23(22)11-18(21)19(25)7-3-2-4-8-19/h9-11,14,25H,2-8,21-22H2,1H3/b18-11-. The Morgan fingerprint density at radius 3 is 2.67 bits per heavy atom. The highest BCUT2D eigenvalue weighted by Crippen LogP contribution is 2.38. The fourth-order valence-corrected chi connectivity index (χ4v) is 5.70. The number of hydrazine groups is 1. The molecule has 0 spiro atoms. The van der Waals surface area contributed by atoms with Crippen LogP contribution >= 0.6 is 15.9 Å². The number of fused-ring (bicyclic) bond motifs is 1. The molecule has 1 aromatic rings. The van der Waals surface area contributed by atoms with Gasteiger partial charge in [0.15, 0.2) is 11.0 Å². The van der Waals surface area contributed by atoms with E-state index in [1.807, 2.05) is 6.07 Å². The van der Waals surface area contributed by atoms with Gasteiger partial charge in [-0.25, -0.2) is 14.5 Å². The maximum atomic E-state index is 13.0.